The summed E-state index contributed by atoms with van der Waals surface area (Å²) in [6, 6.07) is 3.13. The Kier molecular flexibility index (Phi) is 3.90. The fourth-order valence-electron chi connectivity index (χ4n) is 2.45. The van der Waals surface area contributed by atoms with Gasteiger partial charge >= 0.3 is 5.97 Å². The van der Waals surface area contributed by atoms with Crippen molar-refractivity contribution in [3.05, 3.63) is 24.0 Å². The van der Waals surface area contributed by atoms with Gasteiger partial charge in [0.1, 0.15) is 11.6 Å². The highest BCUT2D eigenvalue weighted by Crippen LogP contribution is 2.22. The average molecular weight is 266 g/mol. The summed E-state index contributed by atoms with van der Waals surface area (Å²) in [4.78, 5) is 25.2. The Hall–Kier alpha value is -1.82. The Morgan fingerprint density at radius 2 is 2.26 bits per heavy atom. The molecule has 1 saturated heterocycles. The summed E-state index contributed by atoms with van der Waals surface area (Å²) in [5.74, 6) is -1.72. The van der Waals surface area contributed by atoms with Gasteiger partial charge < -0.3 is 19.3 Å². The molecule has 1 fully saturated rings. The largest absolute Gasteiger partial charge is 0.481 e. The number of carboxylic acids is 1. The lowest BCUT2D eigenvalue weighted by Crippen LogP contribution is -2.46. The molecule has 1 aromatic heterocycles. The number of hydrogen-bond acceptors (Lipinski definition) is 3. The van der Waals surface area contributed by atoms with Crippen LogP contribution < -0.4 is 0 Å². The van der Waals surface area contributed by atoms with E-state index in [0.717, 1.165) is 0 Å². The minimum absolute atomic E-state index is 0.156. The molecule has 104 valence electrons. The van der Waals surface area contributed by atoms with E-state index in [-0.39, 0.29) is 19.1 Å². The Labute approximate surface area is 111 Å². The van der Waals surface area contributed by atoms with E-state index >= 15 is 0 Å². The summed E-state index contributed by atoms with van der Waals surface area (Å²) in [7, 11) is 1.79. The number of nitrogens with zero attached hydrogens (tertiary/aromatic N) is 2. The zero-order chi connectivity index (χ0) is 14.0. The van der Waals surface area contributed by atoms with Crippen molar-refractivity contribution in [3.63, 3.8) is 0 Å². The fraction of sp³-hybridized carbons (Fsp3) is 0.538. The second-order valence-corrected chi connectivity index (χ2v) is 4.65. The third-order valence-corrected chi connectivity index (χ3v) is 3.53. The summed E-state index contributed by atoms with van der Waals surface area (Å²) in [5, 5.41) is 9.17. The number of carbonyl (C=O) groups is 2. The number of carbonyl (C=O) groups excluding carboxylic acids is 1. The van der Waals surface area contributed by atoms with Gasteiger partial charge in [0.05, 0.1) is 19.3 Å². The predicted octanol–water partition coefficient (Wildman–Crippen LogP) is 0.587. The lowest BCUT2D eigenvalue weighted by Gasteiger charge is -2.29. The quantitative estimate of drug-likeness (QED) is 0.865. The molecule has 1 aromatic rings. The molecule has 0 spiro atoms. The molecule has 1 aliphatic heterocycles. The van der Waals surface area contributed by atoms with Crippen LogP contribution in [0.25, 0.3) is 0 Å². The Bertz CT molecular complexity index is 483. The van der Waals surface area contributed by atoms with E-state index in [9.17, 15) is 14.7 Å². The summed E-state index contributed by atoms with van der Waals surface area (Å²) in [6.07, 6.45) is 1.79. The highest BCUT2D eigenvalue weighted by atomic mass is 16.5. The van der Waals surface area contributed by atoms with Crippen molar-refractivity contribution < 1.29 is 19.4 Å². The normalized spacial score (nSPS) is 22.4. The molecule has 0 aliphatic carbocycles. The van der Waals surface area contributed by atoms with Crippen LogP contribution in [0.3, 0.4) is 0 Å². The van der Waals surface area contributed by atoms with Crippen LogP contribution in [0.4, 0.5) is 0 Å². The lowest BCUT2D eigenvalue weighted by molar-refractivity contribution is -0.142. The molecule has 6 nitrogen and oxygen atoms in total. The molecule has 6 heteroatoms. The van der Waals surface area contributed by atoms with Crippen LogP contribution >= 0.6 is 0 Å². The number of likely N-dealkylation sites (N-methyl/N-ethyl adjacent to an activating group) is 1. The summed E-state index contributed by atoms with van der Waals surface area (Å²) in [5.41, 5.74) is 0.554. The zero-order valence-corrected chi connectivity index (χ0v) is 11.1. The maximum absolute atomic E-state index is 12.5. The first kappa shape index (κ1) is 13.6. The van der Waals surface area contributed by atoms with Gasteiger partial charge in [0.2, 0.25) is 0 Å². The van der Waals surface area contributed by atoms with E-state index in [1.165, 1.54) is 0 Å². The fourth-order valence-corrected chi connectivity index (χ4v) is 2.45. The Morgan fingerprint density at radius 1 is 1.53 bits per heavy atom. The molecule has 0 saturated carbocycles. The first-order chi connectivity index (χ1) is 9.06. The topological polar surface area (TPSA) is 71.8 Å². The van der Waals surface area contributed by atoms with Crippen LogP contribution in [0.2, 0.25) is 0 Å². The van der Waals surface area contributed by atoms with Crippen molar-refractivity contribution in [2.75, 3.05) is 19.8 Å². The van der Waals surface area contributed by atoms with Crippen LogP contribution in [0.15, 0.2) is 18.3 Å². The van der Waals surface area contributed by atoms with Gasteiger partial charge in [0, 0.05) is 19.8 Å². The smallest absolute Gasteiger partial charge is 0.311 e. The van der Waals surface area contributed by atoms with E-state index in [4.69, 9.17) is 4.74 Å². The summed E-state index contributed by atoms with van der Waals surface area (Å²) < 4.78 is 6.96. The van der Waals surface area contributed by atoms with Gasteiger partial charge in [-0.05, 0) is 19.1 Å². The molecule has 2 atom stereocenters. The third kappa shape index (κ3) is 2.49. The van der Waals surface area contributed by atoms with Gasteiger partial charge in [-0.1, -0.05) is 0 Å². The van der Waals surface area contributed by atoms with Crippen LogP contribution in [-0.2, 0) is 16.6 Å². The molecule has 0 aromatic carbocycles. The number of amides is 1. The second-order valence-electron chi connectivity index (χ2n) is 4.65. The monoisotopic (exact) mass is 266 g/mol. The minimum atomic E-state index is -0.916. The van der Waals surface area contributed by atoms with Gasteiger partial charge in [-0.3, -0.25) is 9.59 Å². The standard InChI is InChI=1S/C13H18N2O4/c1-3-15(11-8-19-7-9(11)13(17)18)12(16)10-5-4-6-14(10)2/h4-6,9,11H,3,7-8H2,1-2H3,(H,17,18). The first-order valence-corrected chi connectivity index (χ1v) is 6.29. The molecule has 1 N–H and O–H groups in total. The van der Waals surface area contributed by atoms with Crippen molar-refractivity contribution >= 4 is 11.9 Å². The molecule has 2 unspecified atom stereocenters. The molecule has 2 rings (SSSR count). The Balaban J connectivity index is 2.23. The van der Waals surface area contributed by atoms with Gasteiger partial charge in [-0.2, -0.15) is 0 Å². The first-order valence-electron chi connectivity index (χ1n) is 6.29. The number of hydrogen-bond donors (Lipinski definition) is 1. The van der Waals surface area contributed by atoms with E-state index in [1.54, 1.807) is 34.8 Å². The second kappa shape index (κ2) is 5.44. The highest BCUT2D eigenvalue weighted by Gasteiger charge is 2.39. The summed E-state index contributed by atoms with van der Waals surface area (Å²) >= 11 is 0. The Morgan fingerprint density at radius 3 is 2.79 bits per heavy atom. The molecule has 0 bridgehead atoms. The number of aromatic nitrogens is 1. The van der Waals surface area contributed by atoms with Crippen molar-refractivity contribution in [2.45, 2.75) is 13.0 Å². The molecule has 1 aliphatic rings. The van der Waals surface area contributed by atoms with Crippen LogP contribution in [0, 0.1) is 5.92 Å². The van der Waals surface area contributed by atoms with E-state index in [1.807, 2.05) is 6.92 Å². The van der Waals surface area contributed by atoms with E-state index in [2.05, 4.69) is 0 Å². The van der Waals surface area contributed by atoms with Crippen LogP contribution in [-0.4, -0.2) is 52.3 Å². The summed E-state index contributed by atoms with van der Waals surface area (Å²) in [6.45, 7) is 2.75. The van der Waals surface area contributed by atoms with Crippen molar-refractivity contribution in [3.8, 4) is 0 Å². The molecule has 0 radical (unpaired) electrons. The maximum atomic E-state index is 12.5. The average Bonchev–Trinajstić information content (AvgIpc) is 2.98. The van der Waals surface area contributed by atoms with Gasteiger partial charge in [0.25, 0.3) is 5.91 Å². The molecular weight excluding hydrogens is 248 g/mol. The van der Waals surface area contributed by atoms with Crippen molar-refractivity contribution in [1.29, 1.82) is 0 Å². The minimum Gasteiger partial charge on any atom is -0.481 e. The van der Waals surface area contributed by atoms with Crippen molar-refractivity contribution in [2.24, 2.45) is 13.0 Å². The van der Waals surface area contributed by atoms with Gasteiger partial charge in [-0.25, -0.2) is 0 Å². The van der Waals surface area contributed by atoms with Crippen LogP contribution in [0.1, 0.15) is 17.4 Å². The lowest BCUT2D eigenvalue weighted by atomic mass is 10.0. The SMILES string of the molecule is CCN(C(=O)c1cccn1C)C1COCC1C(=O)O. The number of rotatable bonds is 4. The number of ether oxygens (including phenoxy) is 1. The number of carboxylic acid groups (broad SMARTS) is 1. The zero-order valence-electron chi connectivity index (χ0n) is 11.1. The predicted molar refractivity (Wildman–Crippen MR) is 67.9 cm³/mol. The van der Waals surface area contributed by atoms with Crippen molar-refractivity contribution in [1.82, 2.24) is 9.47 Å². The maximum Gasteiger partial charge on any atom is 0.311 e. The van der Waals surface area contributed by atoms with E-state index < -0.39 is 17.9 Å². The molecule has 1 amide bonds. The van der Waals surface area contributed by atoms with E-state index in [0.29, 0.717) is 12.2 Å². The van der Waals surface area contributed by atoms with Gasteiger partial charge in [-0.15, -0.1) is 0 Å². The number of aliphatic carboxylic acids is 1. The van der Waals surface area contributed by atoms with Crippen LogP contribution in [0.5, 0.6) is 0 Å². The third-order valence-electron chi connectivity index (χ3n) is 3.53. The highest BCUT2D eigenvalue weighted by molar-refractivity contribution is 5.93. The number of aryl methyl sites for hydroxylation is 1. The molecular formula is C13H18N2O4. The van der Waals surface area contributed by atoms with Gasteiger partial charge in [0.15, 0.2) is 0 Å². The molecule has 2 heterocycles. The molecule has 19 heavy (non-hydrogen) atoms.